The lowest BCUT2D eigenvalue weighted by Gasteiger charge is -2.47. The van der Waals surface area contributed by atoms with Gasteiger partial charge < -0.3 is 14.4 Å². The number of nitrogens with one attached hydrogen (secondary N) is 1. The molecule has 0 amide bonds. The van der Waals surface area contributed by atoms with E-state index in [0.717, 1.165) is 11.1 Å². The third-order valence-corrected chi connectivity index (χ3v) is 5.64. The molecule has 0 saturated carbocycles. The van der Waals surface area contributed by atoms with E-state index in [9.17, 15) is 14.4 Å². The van der Waals surface area contributed by atoms with Crippen LogP contribution >= 0.6 is 7.82 Å². The summed E-state index contributed by atoms with van der Waals surface area (Å²) in [4.78, 5) is 23.7. The van der Waals surface area contributed by atoms with Crippen molar-refractivity contribution in [3.8, 4) is 5.75 Å². The van der Waals surface area contributed by atoms with E-state index in [1.165, 1.54) is 0 Å². The average Bonchev–Trinajstić information content (AvgIpc) is 2.82. The van der Waals surface area contributed by atoms with Crippen molar-refractivity contribution in [2.45, 2.75) is 10.6 Å². The first-order valence-electron chi connectivity index (χ1n) is 7.41. The number of hydrogen-bond donors (Lipinski definition) is 3. The van der Waals surface area contributed by atoms with Gasteiger partial charge in [-0.3, -0.25) is 9.79 Å². The van der Waals surface area contributed by atoms with Crippen molar-refractivity contribution in [3.05, 3.63) is 30.0 Å². The van der Waals surface area contributed by atoms with Crippen molar-refractivity contribution < 1.29 is 18.9 Å². The number of nitrogens with zero attached hydrogens (tertiary/aromatic N) is 1. The number of benzene rings is 1. The number of H-pyrrole nitrogens is 1. The minimum atomic E-state index is -4.62. The lowest BCUT2D eigenvalue weighted by atomic mass is 9.31. The molecule has 2 rings (SSSR count). The van der Waals surface area contributed by atoms with Gasteiger partial charge in [-0.05, 0) is 37.1 Å². The summed E-state index contributed by atoms with van der Waals surface area (Å²) in [5.74, 6) is 0.190. The molecule has 1 heterocycles. The van der Waals surface area contributed by atoms with Gasteiger partial charge in [-0.1, -0.05) is 11.3 Å². The Bertz CT molecular complexity index is 772. The van der Waals surface area contributed by atoms with Crippen LogP contribution in [0.3, 0.4) is 0 Å². The molecule has 120 valence electrons. The zero-order valence-electron chi connectivity index (χ0n) is 14.4. The summed E-state index contributed by atoms with van der Waals surface area (Å²) < 4.78 is 16.2. The van der Waals surface area contributed by atoms with Crippen LogP contribution in [-0.4, -0.2) is 70.5 Å². The highest BCUT2D eigenvalue weighted by molar-refractivity contribution is 7.46. The molecule has 1 aromatic carbocycles. The van der Waals surface area contributed by atoms with Crippen LogP contribution in [0.25, 0.3) is 10.9 Å². The van der Waals surface area contributed by atoms with Gasteiger partial charge >= 0.3 is 7.82 Å². The Morgan fingerprint density at radius 3 is 2.35 bits per heavy atom. The van der Waals surface area contributed by atoms with E-state index in [4.69, 9.17) is 4.52 Å². The van der Waals surface area contributed by atoms with E-state index in [2.05, 4.69) is 41.3 Å². The van der Waals surface area contributed by atoms with Gasteiger partial charge in [-0.2, -0.15) is 0 Å². The Labute approximate surface area is 139 Å². The Hall–Kier alpha value is -1.07. The SMILES string of the molecule is BC(B)(c1c[nH]c2cccc(OP(=O)(O)O)c12)C(B)(B)N(C)C. The molecular formula is C12H21B4N2O4P. The molecule has 11 heteroatoms. The number of rotatable bonds is 5. The highest BCUT2D eigenvalue weighted by Gasteiger charge is 2.41. The molecule has 3 N–H and O–H groups in total. The Morgan fingerprint density at radius 2 is 1.83 bits per heavy atom. The standard InChI is InChI=1S/C12H21B4N2O4P/c1-18(2)12(15,16)11(13,14)7-6-17-8-4-3-5-9(10(7)8)22-23(19,20)21/h3-6,17H,13-16H2,1-2H3,(H2,19,20,21). The van der Waals surface area contributed by atoms with Crippen LogP contribution in [-0.2, 0) is 9.78 Å². The Balaban J connectivity index is 2.69. The fourth-order valence-corrected chi connectivity index (χ4v) is 3.15. The zero-order chi connectivity index (χ0) is 17.6. The second-order valence-electron chi connectivity index (χ2n) is 7.04. The molecule has 0 aliphatic heterocycles. The van der Waals surface area contributed by atoms with Crippen LogP contribution in [0.15, 0.2) is 24.4 Å². The van der Waals surface area contributed by atoms with E-state index in [1.807, 2.05) is 26.4 Å². The van der Waals surface area contributed by atoms with E-state index in [1.54, 1.807) is 12.1 Å². The van der Waals surface area contributed by atoms with E-state index in [0.29, 0.717) is 5.39 Å². The van der Waals surface area contributed by atoms with Crippen molar-refractivity contribution >= 4 is 50.1 Å². The summed E-state index contributed by atoms with van der Waals surface area (Å²) in [6, 6.07) is 5.15. The first kappa shape index (κ1) is 18.3. The van der Waals surface area contributed by atoms with Crippen LogP contribution in [0, 0.1) is 0 Å². The smallest absolute Gasteiger partial charge is 0.404 e. The van der Waals surface area contributed by atoms with Gasteiger partial charge in [-0.15, -0.1) is 0 Å². The number of fused-ring (bicyclic) bond motifs is 1. The summed E-state index contributed by atoms with van der Waals surface area (Å²) in [6.07, 6.45) is 1.89. The first-order chi connectivity index (χ1) is 10.4. The topological polar surface area (TPSA) is 85.8 Å². The summed E-state index contributed by atoms with van der Waals surface area (Å²) >= 11 is 0. The largest absolute Gasteiger partial charge is 0.524 e. The zero-order valence-corrected chi connectivity index (χ0v) is 15.3. The molecule has 23 heavy (non-hydrogen) atoms. The summed E-state index contributed by atoms with van der Waals surface area (Å²) in [5.41, 5.74) is 1.74. The number of phosphoric acid groups is 1. The van der Waals surface area contributed by atoms with E-state index >= 15 is 0 Å². The predicted molar refractivity (Wildman–Crippen MR) is 103 cm³/mol. The second-order valence-corrected chi connectivity index (χ2v) is 8.21. The van der Waals surface area contributed by atoms with Crippen LogP contribution in [0.4, 0.5) is 0 Å². The maximum absolute atomic E-state index is 11.3. The predicted octanol–water partition coefficient (Wildman–Crippen LogP) is -2.46. The summed E-state index contributed by atoms with van der Waals surface area (Å²) in [5, 5.41) is 0.205. The van der Waals surface area contributed by atoms with Crippen LogP contribution < -0.4 is 4.52 Å². The number of aromatic nitrogens is 1. The van der Waals surface area contributed by atoms with Gasteiger partial charge in [0.15, 0.2) is 0 Å². The normalized spacial score (nSPS) is 13.6. The number of likely N-dealkylation sites (N-methyl/N-ethyl adjacent to an activating group) is 1. The molecule has 0 unspecified atom stereocenters. The Kier molecular flexibility index (Phi) is 4.59. The fraction of sp³-hybridized carbons (Fsp3) is 0.333. The molecular weight excluding hydrogens is 310 g/mol. The molecule has 0 bridgehead atoms. The number of aromatic amines is 1. The molecule has 2 aromatic rings. The molecule has 0 radical (unpaired) electrons. The van der Waals surface area contributed by atoms with Crippen molar-refractivity contribution in [1.82, 2.24) is 9.88 Å². The molecule has 0 fully saturated rings. The van der Waals surface area contributed by atoms with Gasteiger partial charge in [0.2, 0.25) is 0 Å². The van der Waals surface area contributed by atoms with Crippen LogP contribution in [0.2, 0.25) is 0 Å². The molecule has 1 aromatic heterocycles. The minimum absolute atomic E-state index is 0.190. The van der Waals surface area contributed by atoms with Gasteiger partial charge in [0.1, 0.15) is 37.1 Å². The number of phosphoric ester groups is 1. The monoisotopic (exact) mass is 332 g/mol. The lowest BCUT2D eigenvalue weighted by molar-refractivity contribution is 0.284. The fourth-order valence-electron chi connectivity index (χ4n) is 2.74. The summed E-state index contributed by atoms with van der Waals surface area (Å²) in [7, 11) is 7.92. The molecule has 0 atom stereocenters. The van der Waals surface area contributed by atoms with Gasteiger partial charge in [0.05, 0.1) is 0 Å². The van der Waals surface area contributed by atoms with Crippen LogP contribution in [0.5, 0.6) is 5.75 Å². The highest BCUT2D eigenvalue weighted by Crippen LogP contribution is 2.44. The maximum atomic E-state index is 11.3. The second kappa shape index (κ2) is 5.78. The van der Waals surface area contributed by atoms with Crippen molar-refractivity contribution in [2.75, 3.05) is 14.1 Å². The number of hydrogen-bond acceptors (Lipinski definition) is 3. The molecule has 0 spiro atoms. The molecule has 6 nitrogen and oxygen atoms in total. The van der Waals surface area contributed by atoms with Crippen molar-refractivity contribution in [1.29, 1.82) is 0 Å². The lowest BCUT2D eigenvalue weighted by Crippen LogP contribution is -2.62. The quantitative estimate of drug-likeness (QED) is 0.418. The maximum Gasteiger partial charge on any atom is 0.524 e. The molecule has 0 aliphatic carbocycles. The van der Waals surface area contributed by atoms with Gasteiger partial charge in [0, 0.05) is 17.1 Å². The third kappa shape index (κ3) is 3.26. The van der Waals surface area contributed by atoms with E-state index < -0.39 is 7.82 Å². The van der Waals surface area contributed by atoms with Crippen molar-refractivity contribution in [3.63, 3.8) is 0 Å². The van der Waals surface area contributed by atoms with Crippen molar-refractivity contribution in [2.24, 2.45) is 0 Å². The van der Waals surface area contributed by atoms with E-state index in [-0.39, 0.29) is 16.3 Å². The van der Waals surface area contributed by atoms with Crippen LogP contribution in [0.1, 0.15) is 5.56 Å². The average molecular weight is 332 g/mol. The minimum Gasteiger partial charge on any atom is -0.404 e. The third-order valence-electron chi connectivity index (χ3n) is 5.21. The molecule has 0 aliphatic rings. The first-order valence-corrected chi connectivity index (χ1v) is 8.94. The molecule has 0 saturated heterocycles. The highest BCUT2D eigenvalue weighted by atomic mass is 31.2. The summed E-state index contributed by atoms with van der Waals surface area (Å²) in [6.45, 7) is 0. The van der Waals surface area contributed by atoms with Gasteiger partial charge in [-0.25, -0.2) is 4.57 Å². The Morgan fingerprint density at radius 1 is 1.22 bits per heavy atom. The van der Waals surface area contributed by atoms with Gasteiger partial charge in [0.25, 0.3) is 0 Å².